The summed E-state index contributed by atoms with van der Waals surface area (Å²) in [6.45, 7) is 3.13. The van der Waals surface area contributed by atoms with Gasteiger partial charge in [-0.1, -0.05) is 36.4 Å². The lowest BCUT2D eigenvalue weighted by Crippen LogP contribution is -2.50. The van der Waals surface area contributed by atoms with Crippen molar-refractivity contribution in [2.24, 2.45) is 5.92 Å². The van der Waals surface area contributed by atoms with Gasteiger partial charge in [0.05, 0.1) is 12.5 Å². The molecule has 0 saturated carbocycles. The highest BCUT2D eigenvalue weighted by molar-refractivity contribution is 7.80. The molecule has 9 heteroatoms. The molecular weight excluding hydrogens is 416 g/mol. The Morgan fingerprint density at radius 1 is 1.13 bits per heavy atom. The average molecular weight is 441 g/mol. The number of carbonyl (C=O) groups is 3. The maximum atomic E-state index is 12.4. The fourth-order valence-electron chi connectivity index (χ4n) is 3.23. The Kier molecular flexibility index (Phi) is 7.55. The van der Waals surface area contributed by atoms with Gasteiger partial charge in [-0.2, -0.15) is 0 Å². The molecule has 1 aliphatic rings. The number of hydrogen-bond donors (Lipinski definition) is 3. The maximum Gasteiger partial charge on any atom is 0.257 e. The second-order valence-corrected chi connectivity index (χ2v) is 7.43. The molecule has 8 nitrogen and oxygen atoms in total. The summed E-state index contributed by atoms with van der Waals surface area (Å²) in [7, 11) is 0. The highest BCUT2D eigenvalue weighted by atomic mass is 32.1. The first kappa shape index (κ1) is 22.2. The van der Waals surface area contributed by atoms with E-state index in [1.54, 1.807) is 29.2 Å². The molecule has 1 atom stereocenters. The van der Waals surface area contributed by atoms with E-state index in [-0.39, 0.29) is 23.3 Å². The Morgan fingerprint density at radius 3 is 2.65 bits per heavy atom. The van der Waals surface area contributed by atoms with Crippen LogP contribution in [0.25, 0.3) is 0 Å². The van der Waals surface area contributed by atoms with Crippen LogP contribution in [0, 0.1) is 5.92 Å². The van der Waals surface area contributed by atoms with Crippen molar-refractivity contribution in [2.45, 2.75) is 19.9 Å². The molecule has 2 aromatic carbocycles. The number of likely N-dealkylation sites (tertiary alicyclic amines) is 1. The first-order valence-corrected chi connectivity index (χ1v) is 10.3. The predicted octanol–water partition coefficient (Wildman–Crippen LogP) is 1.77. The van der Waals surface area contributed by atoms with Crippen LogP contribution in [-0.4, -0.2) is 40.9 Å². The molecule has 1 saturated heterocycles. The van der Waals surface area contributed by atoms with Gasteiger partial charge < -0.3 is 9.64 Å². The van der Waals surface area contributed by atoms with E-state index in [4.69, 9.17) is 17.0 Å². The summed E-state index contributed by atoms with van der Waals surface area (Å²) in [5.74, 6) is -0.787. The van der Waals surface area contributed by atoms with Crippen LogP contribution in [0.15, 0.2) is 54.6 Å². The zero-order valence-electron chi connectivity index (χ0n) is 17.1. The Labute approximate surface area is 185 Å². The lowest BCUT2D eigenvalue weighted by Gasteiger charge is -2.17. The summed E-state index contributed by atoms with van der Waals surface area (Å²) in [6, 6.07) is 16.3. The lowest BCUT2D eigenvalue weighted by atomic mass is 10.1. The number of benzene rings is 2. The summed E-state index contributed by atoms with van der Waals surface area (Å²) in [4.78, 5) is 38.6. The van der Waals surface area contributed by atoms with E-state index in [0.717, 1.165) is 5.56 Å². The van der Waals surface area contributed by atoms with Crippen LogP contribution in [-0.2, 0) is 16.1 Å². The molecule has 31 heavy (non-hydrogen) atoms. The Morgan fingerprint density at radius 2 is 1.90 bits per heavy atom. The van der Waals surface area contributed by atoms with Gasteiger partial charge in [0.2, 0.25) is 11.8 Å². The zero-order chi connectivity index (χ0) is 22.2. The molecule has 2 aromatic rings. The summed E-state index contributed by atoms with van der Waals surface area (Å²) < 4.78 is 5.38. The van der Waals surface area contributed by atoms with E-state index in [2.05, 4.69) is 16.2 Å². The zero-order valence-corrected chi connectivity index (χ0v) is 17.9. The number of hydrogen-bond acceptors (Lipinski definition) is 5. The number of nitrogens with zero attached hydrogens (tertiary/aromatic N) is 1. The molecule has 3 rings (SSSR count). The fraction of sp³-hybridized carbons (Fsp3) is 0.273. The molecule has 1 heterocycles. The summed E-state index contributed by atoms with van der Waals surface area (Å²) >= 11 is 5.07. The third kappa shape index (κ3) is 6.26. The first-order chi connectivity index (χ1) is 15.0. The van der Waals surface area contributed by atoms with Crippen molar-refractivity contribution in [2.75, 3.05) is 13.2 Å². The second-order valence-electron chi connectivity index (χ2n) is 7.02. The topological polar surface area (TPSA) is 99.8 Å². The molecule has 3 amide bonds. The van der Waals surface area contributed by atoms with Gasteiger partial charge in [-0.25, -0.2) is 0 Å². The molecule has 0 spiro atoms. The van der Waals surface area contributed by atoms with Gasteiger partial charge in [0.25, 0.3) is 5.91 Å². The monoisotopic (exact) mass is 440 g/mol. The number of ether oxygens (including phenoxy) is 1. The molecule has 0 bridgehead atoms. The predicted molar refractivity (Wildman–Crippen MR) is 119 cm³/mol. The van der Waals surface area contributed by atoms with Gasteiger partial charge in [0.1, 0.15) is 5.75 Å². The van der Waals surface area contributed by atoms with Crippen LogP contribution in [0.4, 0.5) is 0 Å². The van der Waals surface area contributed by atoms with E-state index in [1.165, 1.54) is 0 Å². The van der Waals surface area contributed by atoms with Gasteiger partial charge in [0.15, 0.2) is 5.11 Å². The number of amides is 3. The minimum absolute atomic E-state index is 0.0503. The van der Waals surface area contributed by atoms with E-state index in [0.29, 0.717) is 31.0 Å². The Balaban J connectivity index is 1.46. The molecule has 1 unspecified atom stereocenters. The van der Waals surface area contributed by atoms with E-state index < -0.39 is 11.8 Å². The molecule has 0 aliphatic carbocycles. The Hall–Kier alpha value is -3.46. The number of carbonyl (C=O) groups excluding carboxylic acids is 3. The number of hydrazine groups is 1. The van der Waals surface area contributed by atoms with Gasteiger partial charge in [-0.15, -0.1) is 0 Å². The number of rotatable bonds is 6. The van der Waals surface area contributed by atoms with Crippen molar-refractivity contribution in [3.8, 4) is 5.75 Å². The minimum Gasteiger partial charge on any atom is -0.494 e. The van der Waals surface area contributed by atoms with Gasteiger partial charge in [-0.3, -0.25) is 30.6 Å². The molecule has 0 radical (unpaired) electrons. The normalized spacial score (nSPS) is 15.3. The summed E-state index contributed by atoms with van der Waals surface area (Å²) in [5.41, 5.74) is 6.37. The van der Waals surface area contributed by atoms with E-state index in [9.17, 15) is 14.4 Å². The SMILES string of the molecule is CCOc1cccc(C(=O)NC(=S)NNC(=O)C2CC(=O)N(Cc3ccccc3)C2)c1. The molecule has 3 N–H and O–H groups in total. The van der Waals surface area contributed by atoms with Crippen molar-refractivity contribution in [3.05, 3.63) is 65.7 Å². The number of nitrogens with one attached hydrogen (secondary N) is 3. The smallest absolute Gasteiger partial charge is 0.257 e. The van der Waals surface area contributed by atoms with Crippen LogP contribution in [0.1, 0.15) is 29.3 Å². The lowest BCUT2D eigenvalue weighted by molar-refractivity contribution is -0.129. The van der Waals surface area contributed by atoms with Crippen LogP contribution >= 0.6 is 12.2 Å². The average Bonchev–Trinajstić information content (AvgIpc) is 3.13. The highest BCUT2D eigenvalue weighted by Crippen LogP contribution is 2.20. The van der Waals surface area contributed by atoms with Crippen molar-refractivity contribution < 1.29 is 19.1 Å². The molecule has 1 fully saturated rings. The largest absolute Gasteiger partial charge is 0.494 e. The van der Waals surface area contributed by atoms with E-state index >= 15 is 0 Å². The quantitative estimate of drug-likeness (QED) is 0.468. The van der Waals surface area contributed by atoms with Crippen molar-refractivity contribution >= 4 is 35.1 Å². The molecular formula is C22H24N4O4S. The third-order valence-corrected chi connectivity index (χ3v) is 4.94. The minimum atomic E-state index is -0.495. The van der Waals surface area contributed by atoms with Crippen LogP contribution < -0.4 is 20.9 Å². The van der Waals surface area contributed by atoms with Crippen LogP contribution in [0.2, 0.25) is 0 Å². The molecule has 162 valence electrons. The van der Waals surface area contributed by atoms with Crippen molar-refractivity contribution in [1.82, 2.24) is 21.1 Å². The third-order valence-electron chi connectivity index (χ3n) is 4.74. The standard InChI is InChI=1S/C22H24N4O4S/c1-2-30-18-10-6-9-16(11-18)20(28)23-22(31)25-24-21(29)17-12-19(27)26(14-17)13-15-7-4-3-5-8-15/h3-11,17H,2,12-14H2,1H3,(H,24,29)(H2,23,25,28,31). The van der Waals surface area contributed by atoms with Crippen LogP contribution in [0.3, 0.4) is 0 Å². The summed E-state index contributed by atoms with van der Waals surface area (Å²) in [6.07, 6.45) is 0.129. The van der Waals surface area contributed by atoms with Crippen molar-refractivity contribution in [3.63, 3.8) is 0 Å². The second kappa shape index (κ2) is 10.5. The van der Waals surface area contributed by atoms with Gasteiger partial charge in [0, 0.05) is 25.1 Å². The van der Waals surface area contributed by atoms with Gasteiger partial charge >= 0.3 is 0 Å². The highest BCUT2D eigenvalue weighted by Gasteiger charge is 2.34. The van der Waals surface area contributed by atoms with Gasteiger partial charge in [-0.05, 0) is 42.9 Å². The van der Waals surface area contributed by atoms with Crippen LogP contribution in [0.5, 0.6) is 5.75 Å². The number of thiocarbonyl (C=S) groups is 1. The first-order valence-electron chi connectivity index (χ1n) is 9.92. The van der Waals surface area contributed by atoms with E-state index in [1.807, 2.05) is 37.3 Å². The Bertz CT molecular complexity index is 967. The van der Waals surface area contributed by atoms with Crippen molar-refractivity contribution in [1.29, 1.82) is 0 Å². The molecule has 0 aromatic heterocycles. The fourth-order valence-corrected chi connectivity index (χ4v) is 3.37. The molecule has 1 aliphatic heterocycles. The maximum absolute atomic E-state index is 12.4. The summed E-state index contributed by atoms with van der Waals surface area (Å²) in [5, 5.41) is 2.45.